The fraction of sp³-hybridized carbons (Fsp3) is 0.639. The van der Waals surface area contributed by atoms with Crippen LogP contribution < -0.4 is 5.56 Å². The molecule has 1 heterocycles. The van der Waals surface area contributed by atoms with Gasteiger partial charge in [-0.05, 0) is 76.8 Å². The van der Waals surface area contributed by atoms with Crippen LogP contribution in [0.3, 0.4) is 0 Å². The lowest BCUT2D eigenvalue weighted by atomic mass is 9.86. The fourth-order valence-electron chi connectivity index (χ4n) is 6.27. The standard InChI is InChI=1S/C36H35F21INO2Si/c1-7-24(23-18-25(58)59(26(60)21(23)6)16-11-14-22-12-9-8-10-13-22)61-62(19(2)3,20(4)5)17-15-27(37,38)28(39,40)29(41,42)30(43,44)31(45,46)32(47,48)33(49,50)34(51,52)35(53,54)36(55,56)57/h8-10,12-13,18-20,24H,7,15-17H2,1-6H3. The molecule has 0 aliphatic heterocycles. The maximum atomic E-state index is 15.3. The molecule has 26 heteroatoms. The van der Waals surface area contributed by atoms with E-state index >= 15 is 8.78 Å². The van der Waals surface area contributed by atoms with Crippen molar-refractivity contribution in [2.75, 3.05) is 0 Å². The van der Waals surface area contributed by atoms with Gasteiger partial charge in [-0.15, -0.1) is 0 Å². The molecule has 0 fully saturated rings. The second kappa shape index (κ2) is 17.9. The van der Waals surface area contributed by atoms with Gasteiger partial charge in [-0.2, -0.15) is 92.2 Å². The summed E-state index contributed by atoms with van der Waals surface area (Å²) >= 11 is 1.75. The van der Waals surface area contributed by atoms with Crippen LogP contribution >= 0.6 is 22.6 Å². The van der Waals surface area contributed by atoms with Crippen molar-refractivity contribution < 1.29 is 96.6 Å². The zero-order valence-corrected chi connectivity index (χ0v) is 35.8. The van der Waals surface area contributed by atoms with E-state index in [-0.39, 0.29) is 27.8 Å². The minimum atomic E-state index is -9.23. The molecule has 0 amide bonds. The number of hydrogen-bond donors (Lipinski definition) is 0. The molecular formula is C36H35F21INO2Si. The second-order valence-electron chi connectivity index (χ2n) is 14.7. The average molecular weight is 1070 g/mol. The number of aromatic nitrogens is 1. The molecule has 2 aromatic rings. The van der Waals surface area contributed by atoms with Gasteiger partial charge in [0.25, 0.3) is 5.56 Å². The third-order valence-corrected chi connectivity index (χ3v) is 16.8. The summed E-state index contributed by atoms with van der Waals surface area (Å²) in [6, 6.07) is 8.47. The first kappa shape index (κ1) is 55.3. The van der Waals surface area contributed by atoms with Gasteiger partial charge in [0.15, 0.2) is 8.32 Å². The third kappa shape index (κ3) is 8.92. The van der Waals surface area contributed by atoms with Crippen LogP contribution in [-0.4, -0.2) is 72.4 Å². The lowest BCUT2D eigenvalue weighted by Crippen LogP contribution is -2.76. The van der Waals surface area contributed by atoms with Gasteiger partial charge < -0.3 is 4.43 Å². The summed E-state index contributed by atoms with van der Waals surface area (Å²) in [6.45, 7) is 7.68. The Morgan fingerprint density at radius 3 is 1.45 bits per heavy atom. The van der Waals surface area contributed by atoms with Crippen molar-refractivity contribution in [3.8, 4) is 11.8 Å². The molecule has 354 valence electrons. The van der Waals surface area contributed by atoms with Gasteiger partial charge in [0.1, 0.15) is 0 Å². The minimum absolute atomic E-state index is 0.00359. The molecule has 62 heavy (non-hydrogen) atoms. The Kier molecular flexibility index (Phi) is 15.9. The monoisotopic (exact) mass is 1070 g/mol. The topological polar surface area (TPSA) is 31.2 Å². The summed E-state index contributed by atoms with van der Waals surface area (Å²) in [4.78, 5) is 13.4. The van der Waals surface area contributed by atoms with Gasteiger partial charge >= 0.3 is 59.5 Å². The number of nitrogens with zero attached hydrogens (tertiary/aromatic N) is 1. The fourth-order valence-corrected chi connectivity index (χ4v) is 11.7. The van der Waals surface area contributed by atoms with Crippen LogP contribution in [0, 0.1) is 22.5 Å². The highest BCUT2D eigenvalue weighted by Gasteiger charge is 2.97. The van der Waals surface area contributed by atoms with Crippen molar-refractivity contribution in [2.45, 2.75) is 144 Å². The molecule has 0 radical (unpaired) electrons. The van der Waals surface area contributed by atoms with Crippen LogP contribution in [0.5, 0.6) is 0 Å². The van der Waals surface area contributed by atoms with Gasteiger partial charge in [0, 0.05) is 17.5 Å². The maximum Gasteiger partial charge on any atom is 0.460 e. The zero-order chi connectivity index (χ0) is 48.9. The normalized spacial score (nSPS) is 15.3. The van der Waals surface area contributed by atoms with E-state index < -0.39 is 103 Å². The molecule has 1 atom stereocenters. The predicted octanol–water partition coefficient (Wildman–Crippen LogP) is 13.7. The molecule has 0 bridgehead atoms. The van der Waals surface area contributed by atoms with E-state index in [2.05, 4.69) is 11.8 Å². The molecule has 0 aliphatic carbocycles. The molecule has 3 nitrogen and oxygen atoms in total. The maximum absolute atomic E-state index is 15.3. The Labute approximate surface area is 354 Å². The number of alkyl halides is 21. The van der Waals surface area contributed by atoms with Crippen LogP contribution in [0.15, 0.2) is 41.2 Å². The Morgan fingerprint density at radius 1 is 0.661 bits per heavy atom. The van der Waals surface area contributed by atoms with Gasteiger partial charge in [-0.3, -0.25) is 9.36 Å². The molecule has 1 aromatic heterocycles. The summed E-state index contributed by atoms with van der Waals surface area (Å²) in [5.41, 5.74) is -1.96. The summed E-state index contributed by atoms with van der Waals surface area (Å²) in [5, 5.41) is 0. The lowest BCUT2D eigenvalue weighted by molar-refractivity contribution is -0.474. The summed E-state index contributed by atoms with van der Waals surface area (Å²) in [5.74, 6) is -71.8. The molecular weight excluding hydrogens is 1030 g/mol. The van der Waals surface area contributed by atoms with E-state index in [0.29, 0.717) is 5.56 Å². The molecule has 1 aromatic carbocycles. The van der Waals surface area contributed by atoms with Gasteiger partial charge in [0.05, 0.1) is 16.3 Å². The predicted molar refractivity (Wildman–Crippen MR) is 192 cm³/mol. The van der Waals surface area contributed by atoms with Crippen LogP contribution in [0.1, 0.15) is 70.3 Å². The Bertz CT molecular complexity index is 2000. The van der Waals surface area contributed by atoms with E-state index in [1.54, 1.807) is 52.9 Å². The van der Waals surface area contributed by atoms with E-state index in [1.165, 1.54) is 52.2 Å². The van der Waals surface area contributed by atoms with E-state index in [4.69, 9.17) is 4.43 Å². The van der Waals surface area contributed by atoms with Crippen LogP contribution in [0.2, 0.25) is 17.1 Å². The Balaban J connectivity index is 2.62. The molecule has 0 aliphatic rings. The SMILES string of the molecule is CCC(O[Si](CCC(F)(F)C(F)(F)C(F)(F)C(F)(F)C(F)(F)C(F)(F)C(F)(F)C(F)(F)C(F)(F)C(F)(F)F)(C(C)C)C(C)C)c1cc(I)n(CC#Cc2ccccc2)c(=O)c1C. The molecule has 1 unspecified atom stereocenters. The quantitative estimate of drug-likeness (QED) is 0.0490. The number of hydrogen-bond acceptors (Lipinski definition) is 2. The summed E-state index contributed by atoms with van der Waals surface area (Å²) in [6.07, 6.45) is -12.2. The molecule has 0 saturated heterocycles. The van der Waals surface area contributed by atoms with Crippen molar-refractivity contribution in [1.29, 1.82) is 0 Å². The smallest absolute Gasteiger partial charge is 0.409 e. The highest BCUT2D eigenvalue weighted by Crippen LogP contribution is 2.66. The number of rotatable bonds is 18. The Morgan fingerprint density at radius 2 is 1.06 bits per heavy atom. The van der Waals surface area contributed by atoms with Crippen LogP contribution in [0.4, 0.5) is 92.2 Å². The zero-order valence-electron chi connectivity index (χ0n) is 32.6. The van der Waals surface area contributed by atoms with E-state index in [0.717, 1.165) is 0 Å². The first-order valence-corrected chi connectivity index (χ1v) is 21.0. The number of halogens is 22. The van der Waals surface area contributed by atoms with Gasteiger partial charge in [-0.25, -0.2) is 0 Å². The van der Waals surface area contributed by atoms with Crippen molar-refractivity contribution >= 4 is 30.9 Å². The van der Waals surface area contributed by atoms with Crippen molar-refractivity contribution in [2.24, 2.45) is 0 Å². The third-order valence-electron chi connectivity index (χ3n) is 10.2. The number of pyridine rings is 1. The minimum Gasteiger partial charge on any atom is -0.409 e. The first-order chi connectivity index (χ1) is 27.6. The molecule has 0 N–H and O–H groups in total. The van der Waals surface area contributed by atoms with Crippen LogP contribution in [-0.2, 0) is 11.0 Å². The molecule has 0 spiro atoms. The van der Waals surface area contributed by atoms with Crippen LogP contribution in [0.25, 0.3) is 0 Å². The molecule has 0 saturated carbocycles. The highest BCUT2D eigenvalue weighted by atomic mass is 127. The highest BCUT2D eigenvalue weighted by molar-refractivity contribution is 14.1. The summed E-state index contributed by atoms with van der Waals surface area (Å²) < 4.78 is 302. The second-order valence-corrected chi connectivity index (χ2v) is 20.7. The first-order valence-electron chi connectivity index (χ1n) is 17.7. The van der Waals surface area contributed by atoms with E-state index in [9.17, 15) is 88.2 Å². The average Bonchev–Trinajstić information content (AvgIpc) is 3.13. The van der Waals surface area contributed by atoms with Gasteiger partial charge in [0.2, 0.25) is 0 Å². The van der Waals surface area contributed by atoms with Crippen molar-refractivity contribution in [3.63, 3.8) is 0 Å². The largest absolute Gasteiger partial charge is 0.460 e. The van der Waals surface area contributed by atoms with Crippen molar-refractivity contribution in [3.05, 3.63) is 67.1 Å². The number of benzene rings is 1. The summed E-state index contributed by atoms with van der Waals surface area (Å²) in [7, 11) is -4.28. The van der Waals surface area contributed by atoms with E-state index in [1.807, 2.05) is 0 Å². The molecule has 2 rings (SSSR count). The van der Waals surface area contributed by atoms with Crippen molar-refractivity contribution in [1.82, 2.24) is 4.57 Å². The van der Waals surface area contributed by atoms with Gasteiger partial charge in [-0.1, -0.05) is 64.7 Å². The lowest BCUT2D eigenvalue weighted by Gasteiger charge is -2.45. The Hall–Kier alpha value is -2.83.